The maximum atomic E-state index is 4.64. The SMILES string of the molecule is c1ccc2nc(Sc3nnc4sc5ccccc5n34)cnc2c1. The standard InChI is InChI=1S/C16H9N5S2/c1-2-6-11-10(5-1)17-9-14(18-11)23-16-20-19-15-21(16)12-7-3-4-8-13(12)22-15/h1-9H. The summed E-state index contributed by atoms with van der Waals surface area (Å²) in [5, 5.41) is 10.2. The van der Waals surface area contributed by atoms with Crippen LogP contribution in [0.25, 0.3) is 26.2 Å². The number of fused-ring (bicyclic) bond motifs is 4. The predicted octanol–water partition coefficient (Wildman–Crippen LogP) is 4.04. The van der Waals surface area contributed by atoms with E-state index in [1.165, 1.54) is 16.5 Å². The Labute approximate surface area is 139 Å². The molecule has 2 aromatic carbocycles. The fourth-order valence-corrected chi connectivity index (χ4v) is 4.32. The molecule has 0 N–H and O–H groups in total. The molecule has 0 radical (unpaired) electrons. The Morgan fingerprint density at radius 3 is 2.70 bits per heavy atom. The van der Waals surface area contributed by atoms with Gasteiger partial charge in [0.2, 0.25) is 10.1 Å². The first-order chi connectivity index (χ1) is 11.4. The summed E-state index contributed by atoms with van der Waals surface area (Å²) in [4.78, 5) is 9.99. The molecule has 0 saturated carbocycles. The number of hydrogen-bond acceptors (Lipinski definition) is 6. The first-order valence-electron chi connectivity index (χ1n) is 7.01. The van der Waals surface area contributed by atoms with Crippen molar-refractivity contribution in [3.05, 3.63) is 54.7 Å². The van der Waals surface area contributed by atoms with Gasteiger partial charge in [-0.2, -0.15) is 0 Å². The summed E-state index contributed by atoms with van der Waals surface area (Å²) in [6.45, 7) is 0. The van der Waals surface area contributed by atoms with E-state index in [1.807, 2.05) is 36.4 Å². The summed E-state index contributed by atoms with van der Waals surface area (Å²) in [6.07, 6.45) is 1.78. The second-order valence-corrected chi connectivity index (χ2v) is 6.97. The minimum Gasteiger partial charge on any atom is -0.260 e. The van der Waals surface area contributed by atoms with Crippen LogP contribution in [0.2, 0.25) is 0 Å². The molecule has 5 rings (SSSR count). The third-order valence-electron chi connectivity index (χ3n) is 3.53. The van der Waals surface area contributed by atoms with Crippen molar-refractivity contribution >= 4 is 49.3 Å². The highest BCUT2D eigenvalue weighted by atomic mass is 32.2. The lowest BCUT2D eigenvalue weighted by atomic mass is 10.3. The first kappa shape index (κ1) is 13.0. The van der Waals surface area contributed by atoms with E-state index in [0.29, 0.717) is 0 Å². The summed E-state index contributed by atoms with van der Waals surface area (Å²) in [5.74, 6) is 0. The molecule has 0 aliphatic rings. The fraction of sp³-hybridized carbons (Fsp3) is 0. The molecular weight excluding hydrogens is 326 g/mol. The molecule has 5 aromatic rings. The quantitative estimate of drug-likeness (QED) is 0.487. The van der Waals surface area contributed by atoms with Crippen molar-refractivity contribution in [2.75, 3.05) is 0 Å². The molecule has 0 spiro atoms. The van der Waals surface area contributed by atoms with Crippen molar-refractivity contribution in [1.29, 1.82) is 0 Å². The lowest BCUT2D eigenvalue weighted by Gasteiger charge is -2.01. The number of para-hydroxylation sites is 3. The van der Waals surface area contributed by atoms with Crippen LogP contribution >= 0.6 is 23.1 Å². The summed E-state index contributed by atoms with van der Waals surface area (Å²) < 4.78 is 3.27. The van der Waals surface area contributed by atoms with Crippen LogP contribution in [0.3, 0.4) is 0 Å². The lowest BCUT2D eigenvalue weighted by Crippen LogP contribution is -1.89. The topological polar surface area (TPSA) is 56.0 Å². The van der Waals surface area contributed by atoms with Crippen LogP contribution in [0, 0.1) is 0 Å². The van der Waals surface area contributed by atoms with Crippen molar-refractivity contribution in [2.45, 2.75) is 10.2 Å². The smallest absolute Gasteiger partial charge is 0.217 e. The molecule has 0 fully saturated rings. The molecule has 0 aliphatic heterocycles. The van der Waals surface area contributed by atoms with Crippen LogP contribution in [0.1, 0.15) is 0 Å². The number of nitrogens with zero attached hydrogens (tertiary/aromatic N) is 5. The van der Waals surface area contributed by atoms with Gasteiger partial charge in [-0.3, -0.25) is 9.38 Å². The maximum absolute atomic E-state index is 4.64. The Morgan fingerprint density at radius 2 is 1.74 bits per heavy atom. The van der Waals surface area contributed by atoms with Gasteiger partial charge < -0.3 is 0 Å². The van der Waals surface area contributed by atoms with E-state index in [1.54, 1.807) is 17.5 Å². The zero-order chi connectivity index (χ0) is 15.2. The molecule has 23 heavy (non-hydrogen) atoms. The molecule has 3 heterocycles. The molecule has 3 aromatic heterocycles. The second-order valence-electron chi connectivity index (χ2n) is 4.97. The first-order valence-corrected chi connectivity index (χ1v) is 8.64. The Balaban J connectivity index is 1.64. The number of hydrogen-bond donors (Lipinski definition) is 0. The zero-order valence-electron chi connectivity index (χ0n) is 11.7. The van der Waals surface area contributed by atoms with E-state index in [4.69, 9.17) is 0 Å². The molecule has 5 nitrogen and oxygen atoms in total. The van der Waals surface area contributed by atoms with Gasteiger partial charge in [0.1, 0.15) is 5.03 Å². The van der Waals surface area contributed by atoms with E-state index < -0.39 is 0 Å². The third-order valence-corrected chi connectivity index (χ3v) is 5.40. The number of aromatic nitrogens is 5. The van der Waals surface area contributed by atoms with Crippen LogP contribution in [-0.4, -0.2) is 24.6 Å². The van der Waals surface area contributed by atoms with Crippen molar-refractivity contribution in [3.8, 4) is 0 Å². The van der Waals surface area contributed by atoms with E-state index in [0.717, 1.165) is 31.7 Å². The third kappa shape index (κ3) is 2.08. The number of thiazole rings is 1. The highest BCUT2D eigenvalue weighted by Crippen LogP contribution is 2.32. The van der Waals surface area contributed by atoms with Gasteiger partial charge in [0.25, 0.3) is 0 Å². The molecule has 7 heteroatoms. The van der Waals surface area contributed by atoms with Gasteiger partial charge in [0.15, 0.2) is 0 Å². The normalized spacial score (nSPS) is 11.7. The van der Waals surface area contributed by atoms with Crippen LogP contribution in [0.4, 0.5) is 0 Å². The van der Waals surface area contributed by atoms with Gasteiger partial charge in [-0.05, 0) is 36.0 Å². The monoisotopic (exact) mass is 335 g/mol. The van der Waals surface area contributed by atoms with Gasteiger partial charge in [-0.15, -0.1) is 10.2 Å². The van der Waals surface area contributed by atoms with Gasteiger partial charge >= 0.3 is 0 Å². The average molecular weight is 335 g/mol. The van der Waals surface area contributed by atoms with E-state index in [9.17, 15) is 0 Å². The van der Waals surface area contributed by atoms with Crippen LogP contribution < -0.4 is 0 Å². The average Bonchev–Trinajstić information content (AvgIpc) is 3.15. The fourth-order valence-electron chi connectivity index (χ4n) is 2.50. The van der Waals surface area contributed by atoms with Crippen molar-refractivity contribution in [2.24, 2.45) is 0 Å². The van der Waals surface area contributed by atoms with Gasteiger partial charge in [-0.25, -0.2) is 4.98 Å². The number of benzene rings is 2. The molecule has 0 amide bonds. The van der Waals surface area contributed by atoms with Crippen molar-refractivity contribution < 1.29 is 0 Å². The highest BCUT2D eigenvalue weighted by molar-refractivity contribution is 7.99. The molecule has 0 atom stereocenters. The lowest BCUT2D eigenvalue weighted by molar-refractivity contribution is 0.935. The van der Waals surface area contributed by atoms with Gasteiger partial charge in [0, 0.05) is 0 Å². The van der Waals surface area contributed by atoms with Crippen molar-refractivity contribution in [3.63, 3.8) is 0 Å². The molecule has 0 bridgehead atoms. The summed E-state index contributed by atoms with van der Waals surface area (Å²) >= 11 is 3.12. The molecule has 110 valence electrons. The molecule has 0 unspecified atom stereocenters. The van der Waals surface area contributed by atoms with Crippen LogP contribution in [0.5, 0.6) is 0 Å². The Hall–Kier alpha value is -2.51. The number of rotatable bonds is 2. The second kappa shape index (κ2) is 5.00. The molecular formula is C16H9N5S2. The molecule has 0 saturated heterocycles. The Morgan fingerprint density at radius 1 is 0.913 bits per heavy atom. The zero-order valence-corrected chi connectivity index (χ0v) is 13.4. The van der Waals surface area contributed by atoms with Crippen LogP contribution in [-0.2, 0) is 0 Å². The van der Waals surface area contributed by atoms with E-state index >= 15 is 0 Å². The highest BCUT2D eigenvalue weighted by Gasteiger charge is 2.14. The summed E-state index contributed by atoms with van der Waals surface area (Å²) in [7, 11) is 0. The van der Waals surface area contributed by atoms with E-state index in [2.05, 4.69) is 36.7 Å². The summed E-state index contributed by atoms with van der Waals surface area (Å²) in [5.41, 5.74) is 2.89. The predicted molar refractivity (Wildman–Crippen MR) is 92.0 cm³/mol. The van der Waals surface area contributed by atoms with Gasteiger partial charge in [-0.1, -0.05) is 35.6 Å². The maximum Gasteiger partial charge on any atom is 0.217 e. The van der Waals surface area contributed by atoms with Crippen molar-refractivity contribution in [1.82, 2.24) is 24.6 Å². The largest absolute Gasteiger partial charge is 0.260 e. The Kier molecular flexibility index (Phi) is 2.82. The summed E-state index contributed by atoms with van der Waals surface area (Å²) in [6, 6.07) is 16.1. The van der Waals surface area contributed by atoms with Crippen LogP contribution in [0.15, 0.2) is 64.9 Å². The van der Waals surface area contributed by atoms with Gasteiger partial charge in [0.05, 0.1) is 27.4 Å². The Bertz CT molecular complexity index is 1160. The van der Waals surface area contributed by atoms with E-state index in [-0.39, 0.29) is 0 Å². The molecule has 0 aliphatic carbocycles. The minimum atomic E-state index is 0.807. The minimum absolute atomic E-state index is 0.807.